The summed E-state index contributed by atoms with van der Waals surface area (Å²) in [6.07, 6.45) is 0. The molecule has 0 bridgehead atoms. The van der Waals surface area contributed by atoms with Crippen LogP contribution in [0.2, 0.25) is 0 Å². The van der Waals surface area contributed by atoms with Gasteiger partial charge in [-0.1, -0.05) is 0 Å². The first-order chi connectivity index (χ1) is 9.08. The summed E-state index contributed by atoms with van der Waals surface area (Å²) in [5.74, 6) is 0.307. The van der Waals surface area contributed by atoms with Crippen LogP contribution in [0.4, 0.5) is 17.1 Å². The summed E-state index contributed by atoms with van der Waals surface area (Å²) in [6.45, 7) is 7.91. The smallest absolute Gasteiger partial charge is 0.193 e. The molecule has 0 atom stereocenters. The minimum absolute atomic E-state index is 0.307. The maximum absolute atomic E-state index is 9.18. The second kappa shape index (κ2) is 6.40. The van der Waals surface area contributed by atoms with Crippen molar-refractivity contribution < 1.29 is 0 Å². The molecule has 1 aromatic carbocycles. The molecule has 0 spiro atoms. The van der Waals surface area contributed by atoms with Gasteiger partial charge >= 0.3 is 0 Å². The Morgan fingerprint density at radius 1 is 1.58 bits per heavy atom. The number of nitrogens with one attached hydrogen (secondary N) is 2. The quantitative estimate of drug-likeness (QED) is 0.568. The number of aliphatic imine (C=N–C) groups is 2. The first-order valence-electron chi connectivity index (χ1n) is 5.88. The van der Waals surface area contributed by atoms with Crippen LogP contribution in [0.5, 0.6) is 0 Å². The molecule has 0 aliphatic rings. The molecule has 100 valence electrons. The molecule has 0 saturated heterocycles. The van der Waals surface area contributed by atoms with E-state index in [4.69, 9.17) is 5.73 Å². The third kappa shape index (κ3) is 3.01. The van der Waals surface area contributed by atoms with Crippen LogP contribution >= 0.6 is 0 Å². The van der Waals surface area contributed by atoms with E-state index in [2.05, 4.69) is 33.4 Å². The highest BCUT2D eigenvalue weighted by Gasteiger charge is 2.14. The summed E-state index contributed by atoms with van der Waals surface area (Å²) in [5.41, 5.74) is 9.05. The van der Waals surface area contributed by atoms with E-state index in [0.29, 0.717) is 35.1 Å². The molecule has 1 aromatic rings. The number of anilines is 2. The Balaban J connectivity index is 3.39. The summed E-state index contributed by atoms with van der Waals surface area (Å²) in [5, 5.41) is 15.1. The molecule has 19 heavy (non-hydrogen) atoms. The molecule has 6 heteroatoms. The molecular formula is C13H18N6. The SMILES string of the molecule is C=Nc1c(C)c(NC(N)=NCC)cc(C#N)c1NC. The number of hydrogen-bond donors (Lipinski definition) is 3. The first kappa shape index (κ1) is 14.5. The van der Waals surface area contributed by atoms with Gasteiger partial charge < -0.3 is 16.4 Å². The van der Waals surface area contributed by atoms with Gasteiger partial charge in [-0.2, -0.15) is 5.26 Å². The molecule has 0 aliphatic carbocycles. The van der Waals surface area contributed by atoms with Crippen LogP contribution in [0.15, 0.2) is 16.1 Å². The predicted octanol–water partition coefficient (Wildman–Crippen LogP) is 1.99. The molecule has 0 aliphatic heterocycles. The number of nitriles is 1. The van der Waals surface area contributed by atoms with Crippen LogP contribution in [-0.2, 0) is 0 Å². The molecule has 0 amide bonds. The fraction of sp³-hybridized carbons (Fsp3) is 0.308. The average Bonchev–Trinajstić information content (AvgIpc) is 2.40. The maximum atomic E-state index is 9.18. The van der Waals surface area contributed by atoms with Gasteiger partial charge in [-0.25, -0.2) is 0 Å². The van der Waals surface area contributed by atoms with E-state index < -0.39 is 0 Å². The van der Waals surface area contributed by atoms with Crippen LogP contribution in [0.25, 0.3) is 0 Å². The molecule has 0 fully saturated rings. The molecular weight excluding hydrogens is 240 g/mol. The maximum Gasteiger partial charge on any atom is 0.193 e. The lowest BCUT2D eigenvalue weighted by Crippen LogP contribution is -2.23. The third-order valence-corrected chi connectivity index (χ3v) is 2.67. The standard InChI is InChI=1S/C13H18N6/c1-5-18-13(15)19-10-6-9(7-14)12(17-4)11(16-3)8(10)2/h6,17H,3,5H2,1-2,4H3,(H3,15,18,19). The van der Waals surface area contributed by atoms with E-state index in [1.807, 2.05) is 13.8 Å². The largest absolute Gasteiger partial charge is 0.385 e. The summed E-state index contributed by atoms with van der Waals surface area (Å²) in [4.78, 5) is 8.03. The highest BCUT2D eigenvalue weighted by Crippen LogP contribution is 2.36. The zero-order valence-electron chi connectivity index (χ0n) is 11.4. The summed E-state index contributed by atoms with van der Waals surface area (Å²) in [6, 6.07) is 3.84. The zero-order valence-corrected chi connectivity index (χ0v) is 11.4. The Bertz CT molecular complexity index is 553. The van der Waals surface area contributed by atoms with Crippen molar-refractivity contribution in [2.75, 3.05) is 24.2 Å². The monoisotopic (exact) mass is 258 g/mol. The Morgan fingerprint density at radius 3 is 2.74 bits per heavy atom. The first-order valence-corrected chi connectivity index (χ1v) is 5.88. The lowest BCUT2D eigenvalue weighted by atomic mass is 10.0. The fourth-order valence-corrected chi connectivity index (χ4v) is 1.78. The van der Waals surface area contributed by atoms with E-state index >= 15 is 0 Å². The van der Waals surface area contributed by atoms with Gasteiger partial charge in [-0.3, -0.25) is 9.98 Å². The van der Waals surface area contributed by atoms with E-state index in [1.165, 1.54) is 0 Å². The third-order valence-electron chi connectivity index (χ3n) is 2.67. The molecule has 1 rings (SSSR count). The van der Waals surface area contributed by atoms with Crippen molar-refractivity contribution in [2.24, 2.45) is 15.7 Å². The lowest BCUT2D eigenvalue weighted by Gasteiger charge is -2.15. The van der Waals surface area contributed by atoms with Crippen molar-refractivity contribution >= 4 is 29.7 Å². The molecule has 0 unspecified atom stereocenters. The van der Waals surface area contributed by atoms with Crippen LogP contribution in [0, 0.1) is 18.3 Å². The highest BCUT2D eigenvalue weighted by atomic mass is 15.1. The average molecular weight is 258 g/mol. The van der Waals surface area contributed by atoms with Crippen LogP contribution in [-0.4, -0.2) is 26.3 Å². The molecule has 0 aromatic heterocycles. The van der Waals surface area contributed by atoms with Crippen LogP contribution < -0.4 is 16.4 Å². The van der Waals surface area contributed by atoms with E-state index in [0.717, 1.165) is 5.56 Å². The van der Waals surface area contributed by atoms with Crippen molar-refractivity contribution in [2.45, 2.75) is 13.8 Å². The van der Waals surface area contributed by atoms with Gasteiger partial charge in [0.25, 0.3) is 0 Å². The number of hydrogen-bond acceptors (Lipinski definition) is 4. The lowest BCUT2D eigenvalue weighted by molar-refractivity contribution is 1.12. The number of guanidine groups is 1. The summed E-state index contributed by atoms with van der Waals surface area (Å²) in [7, 11) is 1.74. The van der Waals surface area contributed by atoms with Crippen molar-refractivity contribution in [3.8, 4) is 6.07 Å². The number of rotatable bonds is 4. The van der Waals surface area contributed by atoms with Gasteiger partial charge in [0, 0.05) is 24.8 Å². The van der Waals surface area contributed by atoms with Gasteiger partial charge in [0.05, 0.1) is 16.9 Å². The number of nitrogens with two attached hydrogens (primary N) is 1. The zero-order chi connectivity index (χ0) is 14.4. The normalized spacial score (nSPS) is 10.7. The second-order valence-corrected chi connectivity index (χ2v) is 3.82. The van der Waals surface area contributed by atoms with E-state index in [-0.39, 0.29) is 0 Å². The van der Waals surface area contributed by atoms with E-state index in [9.17, 15) is 5.26 Å². The Morgan fingerprint density at radius 2 is 2.26 bits per heavy atom. The summed E-state index contributed by atoms with van der Waals surface area (Å²) < 4.78 is 0. The Labute approximate surface area is 113 Å². The van der Waals surface area contributed by atoms with Crippen LogP contribution in [0.3, 0.4) is 0 Å². The molecule has 4 N–H and O–H groups in total. The van der Waals surface area contributed by atoms with Gasteiger partial charge in [-0.05, 0) is 26.6 Å². The topological polar surface area (TPSA) is 98.6 Å². The van der Waals surface area contributed by atoms with Gasteiger partial charge in [0.2, 0.25) is 0 Å². The number of nitrogens with zero attached hydrogens (tertiary/aromatic N) is 3. The molecule has 0 radical (unpaired) electrons. The minimum Gasteiger partial charge on any atom is -0.385 e. The Hall–Kier alpha value is -2.55. The predicted molar refractivity (Wildman–Crippen MR) is 80.4 cm³/mol. The number of benzene rings is 1. The molecule has 6 nitrogen and oxygen atoms in total. The van der Waals surface area contributed by atoms with Crippen LogP contribution in [0.1, 0.15) is 18.1 Å². The van der Waals surface area contributed by atoms with Gasteiger partial charge in [-0.15, -0.1) is 0 Å². The molecule has 0 heterocycles. The fourth-order valence-electron chi connectivity index (χ4n) is 1.78. The van der Waals surface area contributed by atoms with E-state index in [1.54, 1.807) is 13.1 Å². The second-order valence-electron chi connectivity index (χ2n) is 3.82. The van der Waals surface area contributed by atoms with Crippen molar-refractivity contribution in [1.82, 2.24) is 0 Å². The highest BCUT2D eigenvalue weighted by molar-refractivity contribution is 5.95. The minimum atomic E-state index is 0.307. The van der Waals surface area contributed by atoms with Gasteiger partial charge in [0.15, 0.2) is 5.96 Å². The van der Waals surface area contributed by atoms with Crippen molar-refractivity contribution in [1.29, 1.82) is 5.26 Å². The summed E-state index contributed by atoms with van der Waals surface area (Å²) >= 11 is 0. The van der Waals surface area contributed by atoms with Gasteiger partial charge in [0.1, 0.15) is 6.07 Å². The van der Waals surface area contributed by atoms with Crippen molar-refractivity contribution in [3.63, 3.8) is 0 Å². The van der Waals surface area contributed by atoms with Crippen molar-refractivity contribution in [3.05, 3.63) is 17.2 Å². The Kier molecular flexibility index (Phi) is 4.89. The molecule has 0 saturated carbocycles.